The summed E-state index contributed by atoms with van der Waals surface area (Å²) < 4.78 is 5.90. The summed E-state index contributed by atoms with van der Waals surface area (Å²) in [6, 6.07) is 0. The summed E-state index contributed by atoms with van der Waals surface area (Å²) >= 11 is 0. The first kappa shape index (κ1) is 9.59. The van der Waals surface area contributed by atoms with Gasteiger partial charge in [-0.2, -0.15) is 0 Å². The molecule has 0 aromatic rings. The van der Waals surface area contributed by atoms with Gasteiger partial charge in [-0.05, 0) is 44.5 Å². The van der Waals surface area contributed by atoms with Crippen molar-refractivity contribution in [3.63, 3.8) is 0 Å². The maximum atomic E-state index is 5.90. The fourth-order valence-corrected chi connectivity index (χ4v) is 1.86. The minimum Gasteiger partial charge on any atom is -0.495 e. The lowest BCUT2D eigenvalue weighted by molar-refractivity contribution is 0.0821. The van der Waals surface area contributed by atoms with Gasteiger partial charge < -0.3 is 15.8 Å². The SMILES string of the molecule is NC1=CC=C(OC2CCNCC2)CC1. The molecule has 0 atom stereocenters. The third-order valence-electron chi connectivity index (χ3n) is 2.75. The Morgan fingerprint density at radius 1 is 1.21 bits per heavy atom. The molecule has 0 bridgehead atoms. The lowest BCUT2D eigenvalue weighted by atomic mass is 10.1. The second kappa shape index (κ2) is 4.51. The zero-order valence-corrected chi connectivity index (χ0v) is 8.46. The Kier molecular flexibility index (Phi) is 3.09. The minimum atomic E-state index is 0.412. The molecule has 0 radical (unpaired) electrons. The largest absolute Gasteiger partial charge is 0.495 e. The predicted octanol–water partition coefficient (Wildman–Crippen LogP) is 1.28. The zero-order chi connectivity index (χ0) is 9.80. The number of nitrogens with one attached hydrogen (secondary N) is 1. The third-order valence-corrected chi connectivity index (χ3v) is 2.75. The van der Waals surface area contributed by atoms with E-state index < -0.39 is 0 Å². The van der Waals surface area contributed by atoms with Gasteiger partial charge >= 0.3 is 0 Å². The molecule has 0 unspecified atom stereocenters. The van der Waals surface area contributed by atoms with Crippen molar-refractivity contribution in [1.29, 1.82) is 0 Å². The molecule has 2 aliphatic rings. The number of hydrogen-bond acceptors (Lipinski definition) is 3. The molecule has 3 heteroatoms. The van der Waals surface area contributed by atoms with Crippen LogP contribution < -0.4 is 11.1 Å². The van der Waals surface area contributed by atoms with Gasteiger partial charge in [0.1, 0.15) is 6.10 Å². The van der Waals surface area contributed by atoms with Crippen LogP contribution in [0.2, 0.25) is 0 Å². The van der Waals surface area contributed by atoms with Gasteiger partial charge in [-0.3, -0.25) is 0 Å². The Morgan fingerprint density at radius 2 is 2.00 bits per heavy atom. The first-order valence-electron chi connectivity index (χ1n) is 5.37. The second-order valence-corrected chi connectivity index (χ2v) is 3.94. The van der Waals surface area contributed by atoms with E-state index in [4.69, 9.17) is 10.5 Å². The molecule has 1 heterocycles. The molecule has 0 aromatic carbocycles. The van der Waals surface area contributed by atoms with Crippen molar-refractivity contribution >= 4 is 0 Å². The molecule has 0 saturated carbocycles. The Hall–Kier alpha value is -0.960. The van der Waals surface area contributed by atoms with Gasteiger partial charge in [0.25, 0.3) is 0 Å². The van der Waals surface area contributed by atoms with Crippen molar-refractivity contribution in [2.24, 2.45) is 5.73 Å². The lowest BCUT2D eigenvalue weighted by Crippen LogP contribution is -2.32. The van der Waals surface area contributed by atoms with Gasteiger partial charge in [-0.15, -0.1) is 0 Å². The van der Waals surface area contributed by atoms with Gasteiger partial charge in [0.2, 0.25) is 0 Å². The van der Waals surface area contributed by atoms with E-state index in [9.17, 15) is 0 Å². The maximum Gasteiger partial charge on any atom is 0.101 e. The fraction of sp³-hybridized carbons (Fsp3) is 0.636. The van der Waals surface area contributed by atoms with Crippen molar-refractivity contribution in [2.75, 3.05) is 13.1 Å². The van der Waals surface area contributed by atoms with E-state index in [0.29, 0.717) is 6.10 Å². The molecule has 0 spiro atoms. The lowest BCUT2D eigenvalue weighted by Gasteiger charge is -2.26. The first-order valence-corrected chi connectivity index (χ1v) is 5.37. The van der Waals surface area contributed by atoms with E-state index in [1.54, 1.807) is 0 Å². The zero-order valence-electron chi connectivity index (χ0n) is 8.46. The van der Waals surface area contributed by atoms with E-state index in [2.05, 4.69) is 5.32 Å². The highest BCUT2D eigenvalue weighted by Crippen LogP contribution is 2.20. The average molecular weight is 194 g/mol. The molecular weight excluding hydrogens is 176 g/mol. The molecular formula is C11H18N2O. The van der Waals surface area contributed by atoms with Gasteiger partial charge in [0.15, 0.2) is 0 Å². The molecule has 1 fully saturated rings. The van der Waals surface area contributed by atoms with Crippen LogP contribution in [0.4, 0.5) is 0 Å². The van der Waals surface area contributed by atoms with E-state index >= 15 is 0 Å². The van der Waals surface area contributed by atoms with E-state index in [-0.39, 0.29) is 0 Å². The van der Waals surface area contributed by atoms with Crippen LogP contribution in [0.3, 0.4) is 0 Å². The highest BCUT2D eigenvalue weighted by molar-refractivity contribution is 5.18. The summed E-state index contributed by atoms with van der Waals surface area (Å²) in [4.78, 5) is 0. The second-order valence-electron chi connectivity index (χ2n) is 3.94. The van der Waals surface area contributed by atoms with Gasteiger partial charge in [0, 0.05) is 12.1 Å². The molecule has 3 nitrogen and oxygen atoms in total. The molecule has 3 N–H and O–H groups in total. The molecule has 14 heavy (non-hydrogen) atoms. The van der Waals surface area contributed by atoms with Gasteiger partial charge in [-0.1, -0.05) is 0 Å². The van der Waals surface area contributed by atoms with Crippen LogP contribution >= 0.6 is 0 Å². The molecule has 1 aliphatic carbocycles. The summed E-state index contributed by atoms with van der Waals surface area (Å²) in [5.41, 5.74) is 6.64. The topological polar surface area (TPSA) is 47.3 Å². The van der Waals surface area contributed by atoms with Gasteiger partial charge in [-0.25, -0.2) is 0 Å². The van der Waals surface area contributed by atoms with Crippen molar-refractivity contribution in [3.05, 3.63) is 23.6 Å². The maximum absolute atomic E-state index is 5.90. The van der Waals surface area contributed by atoms with Crippen LogP contribution in [0.1, 0.15) is 25.7 Å². The summed E-state index contributed by atoms with van der Waals surface area (Å²) in [5.74, 6) is 1.10. The molecule has 1 aliphatic heterocycles. The van der Waals surface area contributed by atoms with E-state index in [1.807, 2.05) is 12.2 Å². The smallest absolute Gasteiger partial charge is 0.101 e. The van der Waals surface area contributed by atoms with Gasteiger partial charge in [0.05, 0.1) is 5.76 Å². The number of rotatable bonds is 2. The highest BCUT2D eigenvalue weighted by Gasteiger charge is 2.16. The summed E-state index contributed by atoms with van der Waals surface area (Å²) in [7, 11) is 0. The van der Waals surface area contributed by atoms with Crippen LogP contribution in [0.25, 0.3) is 0 Å². The molecule has 78 valence electrons. The number of ether oxygens (including phenoxy) is 1. The van der Waals surface area contributed by atoms with Crippen LogP contribution in [-0.2, 0) is 4.74 Å². The fourth-order valence-electron chi connectivity index (χ4n) is 1.86. The predicted molar refractivity (Wildman–Crippen MR) is 56.6 cm³/mol. The minimum absolute atomic E-state index is 0.412. The average Bonchev–Trinajstić information content (AvgIpc) is 2.23. The summed E-state index contributed by atoms with van der Waals surface area (Å²) in [6.45, 7) is 2.16. The molecule has 0 amide bonds. The van der Waals surface area contributed by atoms with Crippen molar-refractivity contribution in [3.8, 4) is 0 Å². The normalized spacial score (nSPS) is 24.0. The molecule has 0 aromatic heterocycles. The van der Waals surface area contributed by atoms with Crippen molar-refractivity contribution < 1.29 is 4.74 Å². The van der Waals surface area contributed by atoms with Crippen molar-refractivity contribution in [2.45, 2.75) is 31.8 Å². The number of hydrogen-bond donors (Lipinski definition) is 2. The van der Waals surface area contributed by atoms with Crippen LogP contribution in [0.5, 0.6) is 0 Å². The van der Waals surface area contributed by atoms with Crippen LogP contribution in [-0.4, -0.2) is 19.2 Å². The highest BCUT2D eigenvalue weighted by atomic mass is 16.5. The molecule has 2 rings (SSSR count). The summed E-state index contributed by atoms with van der Waals surface area (Å²) in [5, 5.41) is 3.33. The Morgan fingerprint density at radius 3 is 2.64 bits per heavy atom. The third kappa shape index (κ3) is 2.51. The summed E-state index contributed by atoms with van der Waals surface area (Å²) in [6.07, 6.45) is 8.53. The number of nitrogens with two attached hydrogens (primary N) is 1. The number of piperidine rings is 1. The standard InChI is InChI=1S/C11H18N2O/c12-9-1-3-10(4-2-9)14-11-5-7-13-8-6-11/h1,3,11,13H,2,4-8,12H2. The quantitative estimate of drug-likeness (QED) is 0.696. The van der Waals surface area contributed by atoms with Crippen LogP contribution in [0.15, 0.2) is 23.6 Å². The Bertz CT molecular complexity index is 252. The monoisotopic (exact) mass is 194 g/mol. The van der Waals surface area contributed by atoms with Crippen LogP contribution in [0, 0.1) is 0 Å². The Labute approximate surface area is 85.0 Å². The molecule has 1 saturated heterocycles. The number of allylic oxidation sites excluding steroid dienone is 4. The first-order chi connectivity index (χ1) is 6.84. The van der Waals surface area contributed by atoms with E-state index in [1.165, 1.54) is 0 Å². The van der Waals surface area contributed by atoms with E-state index in [0.717, 1.165) is 50.2 Å². The Balaban J connectivity index is 1.84. The van der Waals surface area contributed by atoms with Crippen molar-refractivity contribution in [1.82, 2.24) is 5.32 Å².